The molecule has 0 bridgehead atoms. The average molecular weight is 400 g/mol. The lowest BCUT2D eigenvalue weighted by atomic mass is 9.96. The summed E-state index contributed by atoms with van der Waals surface area (Å²) in [5.41, 5.74) is 2.80. The van der Waals surface area contributed by atoms with Crippen LogP contribution < -0.4 is 10.1 Å². The van der Waals surface area contributed by atoms with Crippen LogP contribution in [0.15, 0.2) is 70.7 Å². The van der Waals surface area contributed by atoms with Gasteiger partial charge in [0.1, 0.15) is 5.69 Å². The third-order valence-corrected chi connectivity index (χ3v) is 5.66. The van der Waals surface area contributed by atoms with Crippen LogP contribution in [-0.4, -0.2) is 19.6 Å². The van der Waals surface area contributed by atoms with Crippen LogP contribution in [0.25, 0.3) is 0 Å². The number of rotatable bonds is 7. The van der Waals surface area contributed by atoms with E-state index in [0.717, 1.165) is 25.3 Å². The summed E-state index contributed by atoms with van der Waals surface area (Å²) >= 11 is 0. The molecule has 2 N–H and O–H groups in total. The van der Waals surface area contributed by atoms with Crippen LogP contribution in [0.3, 0.4) is 0 Å². The summed E-state index contributed by atoms with van der Waals surface area (Å²) in [6, 6.07) is 12.0. The summed E-state index contributed by atoms with van der Waals surface area (Å²) in [6.45, 7) is 0. The number of anilines is 2. The minimum atomic E-state index is -3.95. The van der Waals surface area contributed by atoms with E-state index in [1.54, 1.807) is 36.5 Å². The lowest BCUT2D eigenvalue weighted by molar-refractivity contribution is -0.384. The van der Waals surface area contributed by atoms with Gasteiger partial charge in [0.25, 0.3) is 15.7 Å². The van der Waals surface area contributed by atoms with Crippen LogP contribution in [0.2, 0.25) is 0 Å². The summed E-state index contributed by atoms with van der Waals surface area (Å²) in [5.74, 6) is 0.284. The van der Waals surface area contributed by atoms with Crippen molar-refractivity contribution in [3.63, 3.8) is 0 Å². The minimum absolute atomic E-state index is 0.131. The first kappa shape index (κ1) is 19.6. The van der Waals surface area contributed by atoms with E-state index in [9.17, 15) is 18.5 Å². The quantitative estimate of drug-likeness (QED) is 0.314. The summed E-state index contributed by atoms with van der Waals surface area (Å²) in [7, 11) is -3.95. The van der Waals surface area contributed by atoms with E-state index in [1.807, 2.05) is 0 Å². The number of nitrogens with zero attached hydrogens (tertiary/aromatic N) is 2. The molecule has 2 aromatic carbocycles. The number of benzene rings is 2. The predicted molar refractivity (Wildman–Crippen MR) is 109 cm³/mol. The van der Waals surface area contributed by atoms with Crippen molar-refractivity contribution in [2.45, 2.75) is 24.2 Å². The van der Waals surface area contributed by atoms with Crippen molar-refractivity contribution in [2.24, 2.45) is 11.0 Å². The van der Waals surface area contributed by atoms with Gasteiger partial charge in [-0.25, -0.2) is 8.42 Å². The molecule has 1 aliphatic rings. The lowest BCUT2D eigenvalue weighted by Gasteiger charge is -2.12. The molecule has 0 aromatic heterocycles. The largest absolute Gasteiger partial charge is 0.295 e. The molecule has 28 heavy (non-hydrogen) atoms. The number of allylic oxidation sites excluding steroid dienone is 2. The van der Waals surface area contributed by atoms with E-state index < -0.39 is 14.9 Å². The van der Waals surface area contributed by atoms with Crippen molar-refractivity contribution in [1.82, 2.24) is 0 Å². The first-order chi connectivity index (χ1) is 13.5. The number of nitrogens with one attached hydrogen (secondary N) is 2. The van der Waals surface area contributed by atoms with E-state index in [-0.39, 0.29) is 22.2 Å². The van der Waals surface area contributed by atoms with E-state index in [2.05, 4.69) is 27.4 Å². The van der Waals surface area contributed by atoms with Crippen LogP contribution in [0.5, 0.6) is 0 Å². The molecule has 1 atom stereocenters. The van der Waals surface area contributed by atoms with E-state index in [4.69, 9.17) is 0 Å². The van der Waals surface area contributed by atoms with Gasteiger partial charge < -0.3 is 0 Å². The molecule has 0 heterocycles. The number of nitro groups is 1. The summed E-state index contributed by atoms with van der Waals surface area (Å²) in [6.07, 6.45) is 8.78. The molecule has 0 radical (unpaired) electrons. The fraction of sp³-hybridized carbons (Fsp3) is 0.211. The fourth-order valence-electron chi connectivity index (χ4n) is 2.81. The standard InChI is InChI=1S/C19H20N4O4S/c24-23(25)19-13-17(28(26,27)22-16-9-5-2-6-10-16)11-12-18(19)21-20-14-15-7-3-1-4-8-15/h1-3,5-6,9-15,21-22H,4,7-8H2/b20-14-/t15-/m0/s1. The molecule has 3 rings (SSSR count). The maximum absolute atomic E-state index is 12.5. The summed E-state index contributed by atoms with van der Waals surface area (Å²) in [5, 5.41) is 15.5. The van der Waals surface area contributed by atoms with E-state index >= 15 is 0 Å². The Morgan fingerprint density at radius 2 is 1.93 bits per heavy atom. The van der Waals surface area contributed by atoms with Gasteiger partial charge in [-0.15, -0.1) is 0 Å². The first-order valence-electron chi connectivity index (χ1n) is 8.76. The fourth-order valence-corrected chi connectivity index (χ4v) is 3.89. The highest BCUT2D eigenvalue weighted by molar-refractivity contribution is 7.92. The van der Waals surface area contributed by atoms with Gasteiger partial charge in [-0.05, 0) is 49.4 Å². The number of sulfonamides is 1. The Morgan fingerprint density at radius 1 is 1.14 bits per heavy atom. The number of hydrazone groups is 1. The summed E-state index contributed by atoms with van der Waals surface area (Å²) in [4.78, 5) is 10.6. The highest BCUT2D eigenvalue weighted by Crippen LogP contribution is 2.28. The van der Waals surface area contributed by atoms with Gasteiger partial charge in [0, 0.05) is 18.0 Å². The van der Waals surface area contributed by atoms with Gasteiger partial charge in [0.2, 0.25) is 0 Å². The molecule has 0 fully saturated rings. The van der Waals surface area contributed by atoms with Crippen molar-refractivity contribution in [2.75, 3.05) is 10.1 Å². The molecule has 8 nitrogen and oxygen atoms in total. The van der Waals surface area contributed by atoms with Gasteiger partial charge in [0.05, 0.1) is 9.82 Å². The molecule has 9 heteroatoms. The van der Waals surface area contributed by atoms with Gasteiger partial charge in [-0.3, -0.25) is 20.3 Å². The maximum Gasteiger partial charge on any atom is 0.295 e. The second kappa shape index (κ2) is 8.66. The summed E-state index contributed by atoms with van der Waals surface area (Å²) < 4.78 is 27.4. The molecule has 1 aliphatic carbocycles. The number of nitro benzene ring substituents is 1. The van der Waals surface area contributed by atoms with Crippen molar-refractivity contribution in [3.05, 3.63) is 70.8 Å². The average Bonchev–Trinajstić information content (AvgIpc) is 2.69. The number of hydrogen-bond donors (Lipinski definition) is 2. The van der Waals surface area contributed by atoms with Crippen LogP contribution >= 0.6 is 0 Å². The van der Waals surface area contributed by atoms with Crippen LogP contribution in [0, 0.1) is 16.0 Å². The lowest BCUT2D eigenvalue weighted by Crippen LogP contribution is -2.13. The SMILES string of the molecule is O=[N+]([O-])c1cc(S(=O)(=O)Nc2ccccc2)ccc1N/N=C\[C@H]1CC=CCC1. The molecule has 0 saturated carbocycles. The monoisotopic (exact) mass is 400 g/mol. The molecule has 0 amide bonds. The smallest absolute Gasteiger partial charge is 0.280 e. The number of hydrogen-bond acceptors (Lipinski definition) is 6. The zero-order valence-electron chi connectivity index (χ0n) is 15.0. The molecule has 0 saturated heterocycles. The highest BCUT2D eigenvalue weighted by Gasteiger charge is 2.21. The first-order valence-corrected chi connectivity index (χ1v) is 10.2. The van der Waals surface area contributed by atoms with Crippen molar-refractivity contribution in [3.8, 4) is 0 Å². The van der Waals surface area contributed by atoms with Gasteiger partial charge in [-0.1, -0.05) is 30.4 Å². The Bertz CT molecular complexity index is 1000. The molecule has 0 aliphatic heterocycles. The van der Waals surface area contributed by atoms with Crippen LogP contribution in [-0.2, 0) is 10.0 Å². The molecule has 2 aromatic rings. The Kier molecular flexibility index (Phi) is 6.05. The number of para-hydroxylation sites is 1. The third kappa shape index (κ3) is 4.95. The van der Waals surface area contributed by atoms with E-state index in [0.29, 0.717) is 5.69 Å². The van der Waals surface area contributed by atoms with E-state index in [1.165, 1.54) is 12.1 Å². The Hall–Kier alpha value is -3.20. The topological polar surface area (TPSA) is 114 Å². The Morgan fingerprint density at radius 3 is 2.61 bits per heavy atom. The van der Waals surface area contributed by atoms with Crippen molar-refractivity contribution < 1.29 is 13.3 Å². The van der Waals surface area contributed by atoms with Crippen LogP contribution in [0.1, 0.15) is 19.3 Å². The predicted octanol–water partition coefficient (Wildman–Crippen LogP) is 4.15. The second-order valence-corrected chi connectivity index (χ2v) is 8.02. The molecule has 146 valence electrons. The van der Waals surface area contributed by atoms with Gasteiger partial charge in [-0.2, -0.15) is 5.10 Å². The maximum atomic E-state index is 12.5. The van der Waals surface area contributed by atoms with Gasteiger partial charge >= 0.3 is 0 Å². The van der Waals surface area contributed by atoms with Crippen molar-refractivity contribution in [1.29, 1.82) is 0 Å². The van der Waals surface area contributed by atoms with Gasteiger partial charge in [0.15, 0.2) is 0 Å². The second-order valence-electron chi connectivity index (χ2n) is 6.34. The Labute approximate surface area is 163 Å². The normalized spacial score (nSPS) is 16.8. The zero-order chi connectivity index (χ0) is 20.0. The molecular formula is C19H20N4O4S. The third-order valence-electron chi connectivity index (χ3n) is 4.28. The van der Waals surface area contributed by atoms with Crippen molar-refractivity contribution >= 4 is 33.3 Å². The molecular weight excluding hydrogens is 380 g/mol. The Balaban J connectivity index is 1.79. The minimum Gasteiger partial charge on any atom is -0.280 e. The highest BCUT2D eigenvalue weighted by atomic mass is 32.2. The molecule has 0 spiro atoms. The zero-order valence-corrected chi connectivity index (χ0v) is 15.8. The molecule has 0 unspecified atom stereocenters. The van der Waals surface area contributed by atoms with Crippen LogP contribution in [0.4, 0.5) is 17.1 Å².